The Kier molecular flexibility index (Phi) is 7.79. The minimum Gasteiger partial charge on any atom is -0.340 e. The topological polar surface area (TPSA) is 47.8 Å². The molecule has 0 aliphatic rings. The number of nitrogens with zero attached hydrogens (tertiary/aromatic N) is 3. The second-order valence-corrected chi connectivity index (χ2v) is 11.3. The molecular weight excluding hydrogens is 550 g/mol. The summed E-state index contributed by atoms with van der Waals surface area (Å²) in [7, 11) is 0. The van der Waals surface area contributed by atoms with Crippen LogP contribution in [0.3, 0.4) is 0 Å². The molecule has 0 atom stereocenters. The number of hydrogen-bond acceptors (Lipinski definition) is 3. The molecule has 0 spiro atoms. The third kappa shape index (κ3) is 5.67. The van der Waals surface area contributed by atoms with Crippen LogP contribution in [0.25, 0.3) is 43.4 Å². The molecule has 0 unspecified atom stereocenters. The predicted molar refractivity (Wildman–Crippen MR) is 185 cm³/mol. The Morgan fingerprint density at radius 2 is 1.16 bits per heavy atom. The maximum atomic E-state index is 14.1. The van der Waals surface area contributed by atoms with Gasteiger partial charge in [0, 0.05) is 75.1 Å². The molecule has 0 radical (unpaired) electrons. The van der Waals surface area contributed by atoms with Gasteiger partial charge in [0.25, 0.3) is 0 Å². The van der Waals surface area contributed by atoms with Crippen molar-refractivity contribution in [3.63, 3.8) is 0 Å². The van der Waals surface area contributed by atoms with Gasteiger partial charge in [-0.15, -0.1) is 0 Å². The van der Waals surface area contributed by atoms with Gasteiger partial charge in [-0.1, -0.05) is 74.1 Å². The Morgan fingerprint density at radius 3 is 1.69 bits per heavy atom. The molecule has 4 heteroatoms. The van der Waals surface area contributed by atoms with E-state index in [2.05, 4.69) is 57.3 Å². The zero-order chi connectivity index (χ0) is 30.6. The van der Waals surface area contributed by atoms with Gasteiger partial charge in [0.1, 0.15) is 0 Å². The molecule has 0 aliphatic heterocycles. The molecule has 7 rings (SSSR count). The van der Waals surface area contributed by atoms with Crippen molar-refractivity contribution in [2.75, 3.05) is 0 Å². The van der Waals surface area contributed by atoms with Crippen molar-refractivity contribution in [3.05, 3.63) is 142 Å². The summed E-state index contributed by atoms with van der Waals surface area (Å²) in [5.41, 5.74) is 5.31. The van der Waals surface area contributed by atoms with Crippen LogP contribution in [-0.2, 0) is 6.54 Å². The van der Waals surface area contributed by atoms with Crippen LogP contribution < -0.4 is 5.43 Å². The fraction of sp³-hybridized carbons (Fsp3) is 0.146. The number of unbranched alkanes of at least 4 members (excludes halogenated alkanes) is 3. The zero-order valence-corrected chi connectivity index (χ0v) is 25.2. The molecule has 0 saturated carbocycles. The monoisotopic (exact) mass is 581 g/mol. The van der Waals surface area contributed by atoms with Gasteiger partial charge in [-0.05, 0) is 77.9 Å². The lowest BCUT2D eigenvalue weighted by Gasteiger charge is -2.16. The van der Waals surface area contributed by atoms with Crippen molar-refractivity contribution in [3.8, 4) is 23.7 Å². The minimum absolute atomic E-state index is 0.000769. The summed E-state index contributed by atoms with van der Waals surface area (Å²) >= 11 is 0. The van der Waals surface area contributed by atoms with Gasteiger partial charge in [-0.3, -0.25) is 14.8 Å². The first-order chi connectivity index (χ1) is 22.2. The smallest absolute Gasteiger partial charge is 0.197 e. The van der Waals surface area contributed by atoms with Gasteiger partial charge < -0.3 is 4.57 Å². The third-order valence-corrected chi connectivity index (χ3v) is 8.35. The maximum absolute atomic E-state index is 14.1. The lowest BCUT2D eigenvalue weighted by Crippen LogP contribution is -2.12. The molecule has 4 nitrogen and oxygen atoms in total. The highest BCUT2D eigenvalue weighted by Crippen LogP contribution is 2.24. The van der Waals surface area contributed by atoms with Crippen LogP contribution in [0.4, 0.5) is 0 Å². The quantitative estimate of drug-likeness (QED) is 0.116. The SMILES string of the molecule is CCCCCCn1c2ccc(C#Cc3cccc4ccncc34)cc2c(=O)c2cc(C#Cc3cccc4ccncc34)ccc21. The highest BCUT2D eigenvalue weighted by molar-refractivity contribution is 5.95. The van der Waals surface area contributed by atoms with E-state index < -0.39 is 0 Å². The highest BCUT2D eigenvalue weighted by atomic mass is 16.1. The molecular formula is C41H31N3O. The predicted octanol–water partition coefficient (Wildman–Crippen LogP) is 8.63. The van der Waals surface area contributed by atoms with Crippen LogP contribution in [0.2, 0.25) is 0 Å². The molecule has 3 aromatic heterocycles. The van der Waals surface area contributed by atoms with Crippen molar-refractivity contribution in [1.82, 2.24) is 14.5 Å². The molecule has 216 valence electrons. The van der Waals surface area contributed by atoms with Crippen LogP contribution in [0.1, 0.15) is 54.9 Å². The maximum Gasteiger partial charge on any atom is 0.197 e. The van der Waals surface area contributed by atoms with Crippen LogP contribution in [0, 0.1) is 23.7 Å². The Bertz CT molecular complexity index is 2240. The van der Waals surface area contributed by atoms with E-state index in [4.69, 9.17) is 0 Å². The Labute approximate surface area is 262 Å². The number of pyridine rings is 3. The first-order valence-corrected chi connectivity index (χ1v) is 15.5. The van der Waals surface area contributed by atoms with E-state index in [1.807, 2.05) is 85.2 Å². The number of aromatic nitrogens is 3. The van der Waals surface area contributed by atoms with Crippen molar-refractivity contribution in [2.45, 2.75) is 39.2 Å². The highest BCUT2D eigenvalue weighted by Gasteiger charge is 2.12. The van der Waals surface area contributed by atoms with E-state index in [-0.39, 0.29) is 5.43 Å². The fourth-order valence-corrected chi connectivity index (χ4v) is 6.00. The molecule has 0 N–H and O–H groups in total. The number of aryl methyl sites for hydroxylation is 1. The number of benzene rings is 4. The molecule has 45 heavy (non-hydrogen) atoms. The summed E-state index contributed by atoms with van der Waals surface area (Å²) in [4.78, 5) is 22.7. The van der Waals surface area contributed by atoms with Gasteiger partial charge >= 0.3 is 0 Å². The van der Waals surface area contributed by atoms with E-state index in [0.717, 1.165) is 74.2 Å². The summed E-state index contributed by atoms with van der Waals surface area (Å²) in [6, 6.07) is 28.1. The van der Waals surface area contributed by atoms with Crippen molar-refractivity contribution in [2.24, 2.45) is 0 Å². The summed E-state index contributed by atoms with van der Waals surface area (Å²) in [6.07, 6.45) is 11.9. The average Bonchev–Trinajstić information content (AvgIpc) is 3.09. The number of rotatable bonds is 5. The van der Waals surface area contributed by atoms with Crippen LogP contribution >= 0.6 is 0 Å². The van der Waals surface area contributed by atoms with Crippen molar-refractivity contribution >= 4 is 43.4 Å². The molecule has 7 aromatic rings. The molecule has 0 amide bonds. The molecule has 0 saturated heterocycles. The van der Waals surface area contributed by atoms with Crippen LogP contribution in [-0.4, -0.2) is 14.5 Å². The Morgan fingerprint density at radius 1 is 0.600 bits per heavy atom. The summed E-state index contributed by atoms with van der Waals surface area (Å²) in [5.74, 6) is 13.3. The summed E-state index contributed by atoms with van der Waals surface area (Å²) in [5, 5.41) is 5.58. The largest absolute Gasteiger partial charge is 0.340 e. The summed E-state index contributed by atoms with van der Waals surface area (Å²) < 4.78 is 2.29. The zero-order valence-electron chi connectivity index (χ0n) is 25.2. The minimum atomic E-state index is 0.000769. The van der Waals surface area contributed by atoms with Crippen molar-refractivity contribution < 1.29 is 0 Å². The molecule has 0 fully saturated rings. The van der Waals surface area contributed by atoms with Gasteiger partial charge in [-0.25, -0.2) is 0 Å². The number of hydrogen-bond donors (Lipinski definition) is 0. The average molecular weight is 582 g/mol. The van der Waals surface area contributed by atoms with Gasteiger partial charge in [0.2, 0.25) is 0 Å². The fourth-order valence-electron chi connectivity index (χ4n) is 6.00. The lowest BCUT2D eigenvalue weighted by molar-refractivity contribution is 0.601. The second kappa shape index (κ2) is 12.5. The standard InChI is InChI=1S/C41H31N3O/c1-2-3-4-5-24-44-39-18-14-29(12-16-31-8-6-10-33-20-22-42-27-37(31)33)25-35(39)41(45)36-26-30(15-19-40(36)44)13-17-32-9-7-11-34-21-23-43-28-38(32)34/h6-11,14-15,18-23,25-28H,2-5,24H2,1H3. The Hall–Kier alpha value is -5.71. The van der Waals surface area contributed by atoms with E-state index >= 15 is 0 Å². The second-order valence-electron chi connectivity index (χ2n) is 11.3. The normalized spacial score (nSPS) is 11.0. The van der Waals surface area contributed by atoms with E-state index in [9.17, 15) is 4.79 Å². The molecule has 3 heterocycles. The Balaban J connectivity index is 1.34. The lowest BCUT2D eigenvalue weighted by atomic mass is 10.0. The first-order valence-electron chi connectivity index (χ1n) is 15.5. The third-order valence-electron chi connectivity index (χ3n) is 8.35. The first kappa shape index (κ1) is 28.1. The van der Waals surface area contributed by atoms with E-state index in [1.54, 1.807) is 12.4 Å². The van der Waals surface area contributed by atoms with E-state index in [0.29, 0.717) is 10.8 Å². The number of fused-ring (bicyclic) bond motifs is 4. The van der Waals surface area contributed by atoms with Gasteiger partial charge in [-0.2, -0.15) is 0 Å². The van der Waals surface area contributed by atoms with E-state index in [1.165, 1.54) is 12.8 Å². The molecule has 4 aromatic carbocycles. The summed E-state index contributed by atoms with van der Waals surface area (Å²) in [6.45, 7) is 3.06. The molecule has 0 bridgehead atoms. The van der Waals surface area contributed by atoms with Crippen LogP contribution in [0.5, 0.6) is 0 Å². The van der Waals surface area contributed by atoms with Gasteiger partial charge in [0.15, 0.2) is 5.43 Å². The molecule has 0 aliphatic carbocycles. The van der Waals surface area contributed by atoms with Crippen LogP contribution in [0.15, 0.2) is 115 Å². The van der Waals surface area contributed by atoms with Gasteiger partial charge in [0.05, 0.1) is 11.0 Å². The van der Waals surface area contributed by atoms with Crippen molar-refractivity contribution in [1.29, 1.82) is 0 Å².